The molecule has 0 bridgehead atoms. The third kappa shape index (κ3) is 2.32. The Balaban J connectivity index is 1.85. The van der Waals surface area contributed by atoms with Crippen molar-refractivity contribution >= 4 is 0 Å². The maximum Gasteiger partial charge on any atom is 0.0844 e. The second kappa shape index (κ2) is 4.92. The number of aliphatic hydroxyl groups is 1. The minimum absolute atomic E-state index is 0.130. The Labute approximate surface area is 116 Å². The van der Waals surface area contributed by atoms with Gasteiger partial charge in [-0.3, -0.25) is 0 Å². The van der Waals surface area contributed by atoms with Crippen molar-refractivity contribution < 1.29 is 5.11 Å². The summed E-state index contributed by atoms with van der Waals surface area (Å²) in [6.45, 7) is 5.47. The molecule has 1 aromatic rings. The van der Waals surface area contributed by atoms with Gasteiger partial charge in [-0.15, -0.1) is 0 Å². The van der Waals surface area contributed by atoms with E-state index in [1.165, 1.54) is 17.5 Å². The van der Waals surface area contributed by atoms with Crippen LogP contribution in [0.2, 0.25) is 0 Å². The molecule has 19 heavy (non-hydrogen) atoms. The monoisotopic (exact) mass is 259 g/mol. The van der Waals surface area contributed by atoms with E-state index in [0.717, 1.165) is 25.8 Å². The normalized spacial score (nSPS) is 34.5. The number of hydrogen-bond acceptors (Lipinski definition) is 2. The summed E-state index contributed by atoms with van der Waals surface area (Å²) in [4.78, 5) is 0. The van der Waals surface area contributed by atoms with Crippen LogP contribution in [0.15, 0.2) is 24.3 Å². The highest BCUT2D eigenvalue weighted by Gasteiger charge is 2.44. The second-order valence-corrected chi connectivity index (χ2v) is 6.72. The van der Waals surface area contributed by atoms with Gasteiger partial charge in [-0.05, 0) is 42.2 Å². The van der Waals surface area contributed by atoms with Crippen molar-refractivity contribution in [3.8, 4) is 0 Å². The minimum atomic E-state index is -0.556. The molecule has 0 radical (unpaired) electrons. The SMILES string of the molecule is CC(C)C1CCCC(O)(C2NCc3ccccc32)C1. The standard InChI is InChI=1S/C17H25NO/c1-12(2)13-7-5-9-17(19,10-13)16-15-8-4-3-6-14(15)11-18-16/h3-4,6,8,12-13,16,18-19H,5,7,9-11H2,1-2H3. The smallest absolute Gasteiger partial charge is 0.0844 e. The Morgan fingerprint density at radius 3 is 2.89 bits per heavy atom. The zero-order valence-electron chi connectivity index (χ0n) is 12.0. The van der Waals surface area contributed by atoms with Crippen molar-refractivity contribution in [1.29, 1.82) is 0 Å². The van der Waals surface area contributed by atoms with E-state index in [2.05, 4.69) is 43.4 Å². The van der Waals surface area contributed by atoms with Gasteiger partial charge in [-0.1, -0.05) is 44.5 Å². The van der Waals surface area contributed by atoms with E-state index in [1.54, 1.807) is 0 Å². The molecule has 2 N–H and O–H groups in total. The van der Waals surface area contributed by atoms with Crippen LogP contribution in [0.4, 0.5) is 0 Å². The number of hydrogen-bond donors (Lipinski definition) is 2. The fourth-order valence-corrected chi connectivity index (χ4v) is 3.94. The molecule has 1 aliphatic carbocycles. The van der Waals surface area contributed by atoms with Gasteiger partial charge < -0.3 is 10.4 Å². The van der Waals surface area contributed by atoms with Crippen molar-refractivity contribution in [3.63, 3.8) is 0 Å². The lowest BCUT2D eigenvalue weighted by Gasteiger charge is -2.42. The van der Waals surface area contributed by atoms with Crippen molar-refractivity contribution in [2.75, 3.05) is 0 Å². The molecule has 0 saturated heterocycles. The Kier molecular flexibility index (Phi) is 3.40. The Hall–Kier alpha value is -0.860. The van der Waals surface area contributed by atoms with E-state index in [4.69, 9.17) is 0 Å². The third-order valence-electron chi connectivity index (χ3n) is 5.14. The fraction of sp³-hybridized carbons (Fsp3) is 0.647. The van der Waals surface area contributed by atoms with Gasteiger partial charge in [0.05, 0.1) is 11.6 Å². The van der Waals surface area contributed by atoms with Gasteiger partial charge in [0.15, 0.2) is 0 Å². The van der Waals surface area contributed by atoms with E-state index >= 15 is 0 Å². The van der Waals surface area contributed by atoms with Crippen LogP contribution in [0, 0.1) is 11.8 Å². The summed E-state index contributed by atoms with van der Waals surface area (Å²) in [7, 11) is 0. The van der Waals surface area contributed by atoms with Crippen molar-refractivity contribution in [3.05, 3.63) is 35.4 Å². The van der Waals surface area contributed by atoms with Gasteiger partial charge >= 0.3 is 0 Å². The molecule has 0 aromatic heterocycles. The summed E-state index contributed by atoms with van der Waals surface area (Å²) in [5.41, 5.74) is 2.11. The van der Waals surface area contributed by atoms with Gasteiger partial charge in [0.25, 0.3) is 0 Å². The predicted molar refractivity (Wildman–Crippen MR) is 77.8 cm³/mol. The molecular formula is C17H25NO. The van der Waals surface area contributed by atoms with E-state index in [9.17, 15) is 5.11 Å². The summed E-state index contributed by atoms with van der Waals surface area (Å²) in [5, 5.41) is 14.7. The second-order valence-electron chi connectivity index (χ2n) is 6.72. The van der Waals surface area contributed by atoms with Crippen LogP contribution in [0.3, 0.4) is 0 Å². The van der Waals surface area contributed by atoms with Crippen LogP contribution in [0.5, 0.6) is 0 Å². The van der Waals surface area contributed by atoms with Crippen LogP contribution in [-0.2, 0) is 6.54 Å². The molecule has 1 fully saturated rings. The van der Waals surface area contributed by atoms with Gasteiger partial charge in [0, 0.05) is 6.54 Å². The van der Waals surface area contributed by atoms with Crippen molar-refractivity contribution in [2.45, 2.75) is 57.7 Å². The third-order valence-corrected chi connectivity index (χ3v) is 5.14. The Morgan fingerprint density at radius 1 is 1.32 bits per heavy atom. The molecular weight excluding hydrogens is 234 g/mol. The number of nitrogens with one attached hydrogen (secondary N) is 1. The van der Waals surface area contributed by atoms with Crippen LogP contribution < -0.4 is 5.32 Å². The van der Waals surface area contributed by atoms with Crippen LogP contribution >= 0.6 is 0 Å². The lowest BCUT2D eigenvalue weighted by molar-refractivity contribution is -0.0530. The molecule has 3 atom stereocenters. The van der Waals surface area contributed by atoms with E-state index in [1.807, 2.05) is 0 Å². The number of benzene rings is 1. The molecule has 1 heterocycles. The van der Waals surface area contributed by atoms with Crippen LogP contribution in [-0.4, -0.2) is 10.7 Å². The van der Waals surface area contributed by atoms with Crippen LogP contribution in [0.1, 0.15) is 56.7 Å². The first-order chi connectivity index (χ1) is 9.10. The molecule has 0 spiro atoms. The minimum Gasteiger partial charge on any atom is -0.388 e. The summed E-state index contributed by atoms with van der Waals surface area (Å²) < 4.78 is 0. The highest BCUT2D eigenvalue weighted by Crippen LogP contribution is 2.45. The number of fused-ring (bicyclic) bond motifs is 1. The first kappa shape index (κ1) is 13.1. The molecule has 1 aliphatic heterocycles. The average molecular weight is 259 g/mol. The maximum absolute atomic E-state index is 11.2. The highest BCUT2D eigenvalue weighted by atomic mass is 16.3. The maximum atomic E-state index is 11.2. The Morgan fingerprint density at radius 2 is 2.11 bits per heavy atom. The first-order valence-electron chi connectivity index (χ1n) is 7.64. The molecule has 3 unspecified atom stereocenters. The van der Waals surface area contributed by atoms with Gasteiger partial charge in [-0.2, -0.15) is 0 Å². The molecule has 2 nitrogen and oxygen atoms in total. The largest absolute Gasteiger partial charge is 0.388 e. The van der Waals surface area contributed by atoms with Crippen LogP contribution in [0.25, 0.3) is 0 Å². The van der Waals surface area contributed by atoms with E-state index in [0.29, 0.717) is 11.8 Å². The number of rotatable bonds is 2. The lowest BCUT2D eigenvalue weighted by atomic mass is 9.69. The van der Waals surface area contributed by atoms with E-state index in [-0.39, 0.29) is 6.04 Å². The van der Waals surface area contributed by atoms with Gasteiger partial charge in [0.1, 0.15) is 0 Å². The molecule has 2 aliphatic rings. The summed E-state index contributed by atoms with van der Waals surface area (Å²) in [6, 6.07) is 8.66. The summed E-state index contributed by atoms with van der Waals surface area (Å²) in [6.07, 6.45) is 4.30. The molecule has 1 saturated carbocycles. The van der Waals surface area contributed by atoms with Gasteiger partial charge in [-0.25, -0.2) is 0 Å². The van der Waals surface area contributed by atoms with Crippen molar-refractivity contribution in [1.82, 2.24) is 5.32 Å². The summed E-state index contributed by atoms with van der Waals surface area (Å²) >= 11 is 0. The fourth-order valence-electron chi connectivity index (χ4n) is 3.94. The molecule has 1 aromatic carbocycles. The van der Waals surface area contributed by atoms with E-state index < -0.39 is 5.60 Å². The first-order valence-corrected chi connectivity index (χ1v) is 7.64. The Bertz CT molecular complexity index is 456. The quantitative estimate of drug-likeness (QED) is 0.853. The van der Waals surface area contributed by atoms with Gasteiger partial charge in [0.2, 0.25) is 0 Å². The lowest BCUT2D eigenvalue weighted by Crippen LogP contribution is -2.45. The molecule has 0 amide bonds. The zero-order valence-corrected chi connectivity index (χ0v) is 12.0. The van der Waals surface area contributed by atoms with Crippen molar-refractivity contribution in [2.24, 2.45) is 11.8 Å². The highest BCUT2D eigenvalue weighted by molar-refractivity contribution is 5.36. The zero-order chi connectivity index (χ0) is 13.5. The average Bonchev–Trinajstić information content (AvgIpc) is 2.83. The topological polar surface area (TPSA) is 32.3 Å². The molecule has 3 rings (SSSR count). The molecule has 104 valence electrons. The molecule has 2 heteroatoms. The predicted octanol–water partition coefficient (Wildman–Crippen LogP) is 3.41. The summed E-state index contributed by atoms with van der Waals surface area (Å²) in [5.74, 6) is 1.33.